The molecule has 6 heteroatoms. The minimum Gasteiger partial charge on any atom is -0.353 e. The molecule has 0 saturated heterocycles. The summed E-state index contributed by atoms with van der Waals surface area (Å²) in [4.78, 5) is 11.7. The van der Waals surface area contributed by atoms with E-state index >= 15 is 0 Å². The normalized spacial score (nSPS) is 13.6. The van der Waals surface area contributed by atoms with Crippen LogP contribution in [0.1, 0.15) is 47.2 Å². The lowest BCUT2D eigenvalue weighted by Crippen LogP contribution is -2.44. The van der Waals surface area contributed by atoms with Crippen molar-refractivity contribution in [1.29, 1.82) is 0 Å². The van der Waals surface area contributed by atoms with Gasteiger partial charge in [-0.05, 0) is 41.5 Å². The van der Waals surface area contributed by atoms with Crippen molar-refractivity contribution >= 4 is 5.91 Å². The van der Waals surface area contributed by atoms with Crippen LogP contribution < -0.4 is 10.6 Å². The molecule has 0 bridgehead atoms. The quantitative estimate of drug-likeness (QED) is 0.836. The summed E-state index contributed by atoms with van der Waals surface area (Å²) in [5.74, 6) is -0.00165. The van der Waals surface area contributed by atoms with Crippen LogP contribution in [0.2, 0.25) is 0 Å². The van der Waals surface area contributed by atoms with E-state index < -0.39 is 0 Å². The predicted octanol–water partition coefficient (Wildman–Crippen LogP) is 1.04. The lowest BCUT2D eigenvalue weighted by Gasteiger charge is -2.17. The fourth-order valence-electron chi connectivity index (χ4n) is 1.47. The largest absolute Gasteiger partial charge is 0.353 e. The van der Waals surface area contributed by atoms with Gasteiger partial charge in [0.2, 0.25) is 5.91 Å². The minimum atomic E-state index is -0.248. The monoisotopic (exact) mass is 267 g/mol. The molecule has 0 aliphatic heterocycles. The zero-order chi connectivity index (χ0) is 14.6. The van der Waals surface area contributed by atoms with E-state index in [0.717, 1.165) is 5.69 Å². The Bertz CT molecular complexity index is 419. The molecule has 1 heterocycles. The third kappa shape index (κ3) is 4.98. The van der Waals surface area contributed by atoms with Gasteiger partial charge < -0.3 is 10.6 Å². The van der Waals surface area contributed by atoms with Crippen LogP contribution in [-0.4, -0.2) is 33.0 Å². The van der Waals surface area contributed by atoms with Gasteiger partial charge in [0, 0.05) is 12.6 Å². The number of carbonyl (C=O) groups is 1. The Morgan fingerprint density at radius 2 is 2.00 bits per heavy atom. The van der Waals surface area contributed by atoms with E-state index in [1.54, 1.807) is 0 Å². The lowest BCUT2D eigenvalue weighted by atomic mass is 10.1. The van der Waals surface area contributed by atoms with E-state index in [1.807, 2.05) is 31.6 Å². The molecule has 0 fully saturated rings. The molecule has 0 spiro atoms. The summed E-state index contributed by atoms with van der Waals surface area (Å²) in [5, 5.41) is 14.2. The van der Waals surface area contributed by atoms with Gasteiger partial charge in [-0.3, -0.25) is 4.79 Å². The van der Waals surface area contributed by atoms with E-state index in [4.69, 9.17) is 0 Å². The standard InChI is InChI=1S/C13H25N5O/c1-9(2)15-12(19)10(3)14-7-11-8-18(17-16-11)13(4,5)6/h8-10,14H,7H2,1-6H3,(H,15,19). The average Bonchev–Trinajstić information content (AvgIpc) is 2.72. The summed E-state index contributed by atoms with van der Waals surface area (Å²) in [6.07, 6.45) is 1.90. The van der Waals surface area contributed by atoms with Crippen molar-refractivity contribution in [2.75, 3.05) is 0 Å². The summed E-state index contributed by atoms with van der Waals surface area (Å²) in [6.45, 7) is 12.5. The number of carbonyl (C=O) groups excluding carboxylic acids is 1. The summed E-state index contributed by atoms with van der Waals surface area (Å²) in [7, 11) is 0. The van der Waals surface area contributed by atoms with Crippen LogP contribution in [-0.2, 0) is 16.9 Å². The molecule has 0 aliphatic carbocycles. The van der Waals surface area contributed by atoms with Crippen LogP contribution in [0.15, 0.2) is 6.20 Å². The number of hydrogen-bond acceptors (Lipinski definition) is 4. The van der Waals surface area contributed by atoms with Crippen LogP contribution in [0.3, 0.4) is 0 Å². The molecule has 1 aromatic heterocycles. The van der Waals surface area contributed by atoms with E-state index in [9.17, 15) is 4.79 Å². The first-order valence-electron chi connectivity index (χ1n) is 6.65. The van der Waals surface area contributed by atoms with E-state index in [2.05, 4.69) is 41.7 Å². The molecule has 1 atom stereocenters. The van der Waals surface area contributed by atoms with Crippen LogP contribution in [0.25, 0.3) is 0 Å². The Balaban J connectivity index is 2.49. The maximum absolute atomic E-state index is 11.7. The van der Waals surface area contributed by atoms with Crippen LogP contribution in [0.4, 0.5) is 0 Å². The zero-order valence-corrected chi connectivity index (χ0v) is 12.7. The number of nitrogens with zero attached hydrogens (tertiary/aromatic N) is 3. The molecule has 1 unspecified atom stereocenters. The molecule has 1 amide bonds. The first-order valence-corrected chi connectivity index (χ1v) is 6.65. The molecular weight excluding hydrogens is 242 g/mol. The Hall–Kier alpha value is -1.43. The first-order chi connectivity index (χ1) is 8.70. The number of hydrogen-bond donors (Lipinski definition) is 2. The molecule has 2 N–H and O–H groups in total. The maximum atomic E-state index is 11.7. The minimum absolute atomic E-state index is 0.00165. The Kier molecular flexibility index (Phi) is 5.05. The van der Waals surface area contributed by atoms with Gasteiger partial charge in [0.15, 0.2) is 0 Å². The van der Waals surface area contributed by atoms with E-state index in [0.29, 0.717) is 6.54 Å². The predicted molar refractivity (Wildman–Crippen MR) is 74.6 cm³/mol. The van der Waals surface area contributed by atoms with Gasteiger partial charge in [-0.1, -0.05) is 5.21 Å². The van der Waals surface area contributed by atoms with E-state index in [1.165, 1.54) is 0 Å². The third-order valence-electron chi connectivity index (χ3n) is 2.64. The maximum Gasteiger partial charge on any atom is 0.237 e. The average molecular weight is 267 g/mol. The summed E-state index contributed by atoms with van der Waals surface area (Å²) in [5.41, 5.74) is 0.755. The fourth-order valence-corrected chi connectivity index (χ4v) is 1.47. The molecule has 0 radical (unpaired) electrons. The third-order valence-corrected chi connectivity index (χ3v) is 2.64. The summed E-state index contributed by atoms with van der Waals surface area (Å²) in [6, 6.07) is -0.0966. The van der Waals surface area contributed by atoms with Crippen LogP contribution >= 0.6 is 0 Å². The lowest BCUT2D eigenvalue weighted by molar-refractivity contribution is -0.123. The van der Waals surface area contributed by atoms with Crippen molar-refractivity contribution in [3.05, 3.63) is 11.9 Å². The van der Waals surface area contributed by atoms with Gasteiger partial charge in [0.05, 0.1) is 23.5 Å². The molecule has 0 aliphatic rings. The molecular formula is C13H25N5O. The molecule has 1 rings (SSSR count). The highest BCUT2D eigenvalue weighted by Gasteiger charge is 2.16. The second-order valence-electron chi connectivity index (χ2n) is 6.09. The molecule has 19 heavy (non-hydrogen) atoms. The number of amides is 1. The van der Waals surface area contributed by atoms with Crippen molar-refractivity contribution in [3.63, 3.8) is 0 Å². The first kappa shape index (κ1) is 15.6. The topological polar surface area (TPSA) is 71.8 Å². The van der Waals surface area contributed by atoms with Gasteiger partial charge >= 0.3 is 0 Å². The highest BCUT2D eigenvalue weighted by molar-refractivity contribution is 5.81. The highest BCUT2D eigenvalue weighted by atomic mass is 16.2. The van der Waals surface area contributed by atoms with Crippen molar-refractivity contribution in [3.8, 4) is 0 Å². The SMILES string of the molecule is CC(C)NC(=O)C(C)NCc1cn(C(C)(C)C)nn1. The van der Waals surface area contributed by atoms with Crippen molar-refractivity contribution in [1.82, 2.24) is 25.6 Å². The van der Waals surface area contributed by atoms with Gasteiger partial charge in [-0.2, -0.15) is 0 Å². The van der Waals surface area contributed by atoms with Crippen LogP contribution in [0, 0.1) is 0 Å². The second kappa shape index (κ2) is 6.14. The van der Waals surface area contributed by atoms with E-state index in [-0.39, 0.29) is 23.5 Å². The van der Waals surface area contributed by atoms with Crippen molar-refractivity contribution in [2.24, 2.45) is 0 Å². The van der Waals surface area contributed by atoms with Crippen LogP contribution in [0.5, 0.6) is 0 Å². The number of aromatic nitrogens is 3. The molecule has 6 nitrogen and oxygen atoms in total. The summed E-state index contributed by atoms with van der Waals surface area (Å²) < 4.78 is 1.82. The Labute approximate surface area is 115 Å². The van der Waals surface area contributed by atoms with Gasteiger partial charge in [-0.25, -0.2) is 4.68 Å². The smallest absolute Gasteiger partial charge is 0.237 e. The van der Waals surface area contributed by atoms with Gasteiger partial charge in [0.25, 0.3) is 0 Å². The van der Waals surface area contributed by atoms with Crippen molar-refractivity contribution in [2.45, 2.75) is 65.7 Å². The Morgan fingerprint density at radius 3 is 2.47 bits per heavy atom. The Morgan fingerprint density at radius 1 is 1.37 bits per heavy atom. The highest BCUT2D eigenvalue weighted by Crippen LogP contribution is 2.11. The molecule has 0 saturated carbocycles. The van der Waals surface area contributed by atoms with Crippen molar-refractivity contribution < 1.29 is 4.79 Å². The second-order valence-corrected chi connectivity index (χ2v) is 6.09. The zero-order valence-electron chi connectivity index (χ0n) is 12.7. The fraction of sp³-hybridized carbons (Fsp3) is 0.769. The van der Waals surface area contributed by atoms with Gasteiger partial charge in [0.1, 0.15) is 0 Å². The van der Waals surface area contributed by atoms with Gasteiger partial charge in [-0.15, -0.1) is 5.10 Å². The molecule has 0 aromatic carbocycles. The molecule has 1 aromatic rings. The number of rotatable bonds is 5. The number of nitrogens with one attached hydrogen (secondary N) is 2. The summed E-state index contributed by atoms with van der Waals surface area (Å²) >= 11 is 0. The molecule has 108 valence electrons.